The quantitative estimate of drug-likeness (QED) is 0.292. The summed E-state index contributed by atoms with van der Waals surface area (Å²) in [5, 5.41) is 14.0. The van der Waals surface area contributed by atoms with Crippen molar-refractivity contribution in [3.63, 3.8) is 0 Å². The van der Waals surface area contributed by atoms with E-state index >= 15 is 0 Å². The van der Waals surface area contributed by atoms with E-state index in [4.69, 9.17) is 22.3 Å². The van der Waals surface area contributed by atoms with Crippen molar-refractivity contribution < 1.29 is 0 Å². The molecule has 0 saturated heterocycles. The van der Waals surface area contributed by atoms with Crippen LogP contribution < -0.4 is 11.5 Å². The van der Waals surface area contributed by atoms with Crippen LogP contribution in [0.4, 0.5) is 0 Å². The monoisotopic (exact) mass is 151 g/mol. The Balaban J connectivity index is 2.99. The van der Waals surface area contributed by atoms with Gasteiger partial charge in [0.15, 0.2) is 0 Å². The molecule has 1 aromatic rings. The Morgan fingerprint density at radius 2 is 1.45 bits per heavy atom. The molecule has 0 amide bonds. The Bertz CT molecular complexity index is 269. The van der Waals surface area contributed by atoms with Crippen LogP contribution in [0, 0.1) is 10.8 Å². The predicted molar refractivity (Wildman–Crippen MR) is 42.8 cm³/mol. The second-order valence-corrected chi connectivity index (χ2v) is 2.11. The van der Waals surface area contributed by atoms with Crippen LogP contribution in [0.2, 0.25) is 0 Å². The highest BCUT2D eigenvalue weighted by molar-refractivity contribution is 5.98. The Morgan fingerprint density at radius 1 is 1.09 bits per heavy atom. The summed E-state index contributed by atoms with van der Waals surface area (Å²) >= 11 is 0. The number of aromatic amines is 1. The second kappa shape index (κ2) is 2.45. The summed E-state index contributed by atoms with van der Waals surface area (Å²) in [6.45, 7) is 0. The Labute approximate surface area is 63.4 Å². The molecule has 1 heterocycles. The molecule has 0 fully saturated rings. The molecule has 5 heteroatoms. The minimum absolute atomic E-state index is 0.0579. The van der Waals surface area contributed by atoms with Crippen LogP contribution in [0.1, 0.15) is 11.4 Å². The first kappa shape index (κ1) is 7.33. The second-order valence-electron chi connectivity index (χ2n) is 2.11. The molecule has 7 N–H and O–H groups in total. The molecular formula is C6H9N5. The minimum Gasteiger partial charge on any atom is -0.382 e. The van der Waals surface area contributed by atoms with Gasteiger partial charge in [-0.3, -0.25) is 10.8 Å². The first-order chi connectivity index (χ1) is 5.11. The largest absolute Gasteiger partial charge is 0.382 e. The van der Waals surface area contributed by atoms with Crippen molar-refractivity contribution in [3.05, 3.63) is 23.5 Å². The van der Waals surface area contributed by atoms with Crippen molar-refractivity contribution in [1.82, 2.24) is 4.98 Å². The number of H-pyrrole nitrogens is 1. The summed E-state index contributed by atoms with van der Waals surface area (Å²) in [6.07, 6.45) is 0. The standard InChI is InChI=1S/C6H9N5/c7-5(8)3-1-2-4(11-3)6(9)10/h1-2,11H,(H3,7,8)(H3,9,10). The predicted octanol–water partition coefficient (Wildman–Crippen LogP) is -0.417. The molecule has 0 aliphatic heterocycles. The van der Waals surface area contributed by atoms with E-state index in [0.29, 0.717) is 11.4 Å². The van der Waals surface area contributed by atoms with Crippen molar-refractivity contribution in [2.75, 3.05) is 0 Å². The number of hydrogen-bond acceptors (Lipinski definition) is 2. The highest BCUT2D eigenvalue weighted by Gasteiger charge is 2.01. The highest BCUT2D eigenvalue weighted by atomic mass is 14.9. The summed E-state index contributed by atoms with van der Waals surface area (Å²) in [4.78, 5) is 2.71. The molecule has 0 bridgehead atoms. The molecule has 0 aliphatic carbocycles. The van der Waals surface area contributed by atoms with Gasteiger partial charge in [-0.15, -0.1) is 0 Å². The highest BCUT2D eigenvalue weighted by Crippen LogP contribution is 1.99. The van der Waals surface area contributed by atoms with Gasteiger partial charge in [-0.2, -0.15) is 0 Å². The van der Waals surface area contributed by atoms with Crippen LogP contribution in [0.15, 0.2) is 12.1 Å². The lowest BCUT2D eigenvalue weighted by atomic mass is 10.4. The first-order valence-corrected chi connectivity index (χ1v) is 2.99. The fourth-order valence-electron chi connectivity index (χ4n) is 0.709. The van der Waals surface area contributed by atoms with Crippen LogP contribution in [-0.4, -0.2) is 16.7 Å². The lowest BCUT2D eigenvalue weighted by Crippen LogP contribution is -2.14. The topological polar surface area (TPSA) is 116 Å². The lowest BCUT2D eigenvalue weighted by Gasteiger charge is -1.92. The van der Waals surface area contributed by atoms with Gasteiger partial charge in [-0.25, -0.2) is 0 Å². The molecule has 5 nitrogen and oxygen atoms in total. The zero-order valence-electron chi connectivity index (χ0n) is 5.81. The van der Waals surface area contributed by atoms with E-state index < -0.39 is 0 Å². The van der Waals surface area contributed by atoms with Gasteiger partial charge >= 0.3 is 0 Å². The maximum Gasteiger partial charge on any atom is 0.139 e. The van der Waals surface area contributed by atoms with Gasteiger partial charge in [0.05, 0.1) is 11.4 Å². The zero-order chi connectivity index (χ0) is 8.43. The molecule has 0 saturated carbocycles. The van der Waals surface area contributed by atoms with E-state index in [9.17, 15) is 0 Å². The SMILES string of the molecule is N=C(N)c1ccc(C(=N)N)[nH]1. The van der Waals surface area contributed by atoms with Crippen molar-refractivity contribution in [1.29, 1.82) is 10.8 Å². The normalized spacial score (nSPS) is 9.45. The Hall–Kier alpha value is -1.78. The van der Waals surface area contributed by atoms with Crippen LogP contribution in [0.3, 0.4) is 0 Å². The van der Waals surface area contributed by atoms with E-state index in [1.807, 2.05) is 0 Å². The molecule has 0 aliphatic rings. The molecule has 58 valence electrons. The Kier molecular flexibility index (Phi) is 1.63. The lowest BCUT2D eigenvalue weighted by molar-refractivity contribution is 1.27. The molecule has 1 aromatic heterocycles. The Morgan fingerprint density at radius 3 is 1.64 bits per heavy atom. The van der Waals surface area contributed by atoms with Crippen LogP contribution in [0.25, 0.3) is 0 Å². The van der Waals surface area contributed by atoms with Crippen molar-refractivity contribution >= 4 is 11.7 Å². The van der Waals surface area contributed by atoms with E-state index in [1.54, 1.807) is 12.1 Å². The van der Waals surface area contributed by atoms with E-state index in [1.165, 1.54) is 0 Å². The smallest absolute Gasteiger partial charge is 0.139 e. The van der Waals surface area contributed by atoms with Crippen LogP contribution in [-0.2, 0) is 0 Å². The number of nitrogens with two attached hydrogens (primary N) is 2. The molecule has 0 spiro atoms. The molecule has 0 aromatic carbocycles. The maximum absolute atomic E-state index is 7.02. The van der Waals surface area contributed by atoms with Gasteiger partial charge in [-0.1, -0.05) is 0 Å². The van der Waals surface area contributed by atoms with Gasteiger partial charge in [0.2, 0.25) is 0 Å². The van der Waals surface area contributed by atoms with Crippen LogP contribution in [0.5, 0.6) is 0 Å². The third-order valence-electron chi connectivity index (χ3n) is 1.27. The fraction of sp³-hybridized carbons (Fsp3) is 0. The fourth-order valence-corrected chi connectivity index (χ4v) is 0.709. The van der Waals surface area contributed by atoms with E-state index in [0.717, 1.165) is 0 Å². The summed E-state index contributed by atoms with van der Waals surface area (Å²) in [5.74, 6) is -0.116. The summed E-state index contributed by atoms with van der Waals surface area (Å²) in [7, 11) is 0. The molecule has 11 heavy (non-hydrogen) atoms. The van der Waals surface area contributed by atoms with Gasteiger partial charge in [-0.05, 0) is 12.1 Å². The van der Waals surface area contributed by atoms with Crippen LogP contribution >= 0.6 is 0 Å². The molecule has 0 atom stereocenters. The summed E-state index contributed by atoms with van der Waals surface area (Å²) in [6, 6.07) is 3.22. The average molecular weight is 151 g/mol. The third-order valence-corrected chi connectivity index (χ3v) is 1.27. The van der Waals surface area contributed by atoms with Gasteiger partial charge in [0.25, 0.3) is 0 Å². The average Bonchev–Trinajstić information content (AvgIpc) is 2.33. The first-order valence-electron chi connectivity index (χ1n) is 2.99. The third kappa shape index (κ3) is 1.37. The number of aromatic nitrogens is 1. The zero-order valence-corrected chi connectivity index (χ0v) is 5.81. The molecule has 0 unspecified atom stereocenters. The van der Waals surface area contributed by atoms with Crippen molar-refractivity contribution in [2.24, 2.45) is 11.5 Å². The summed E-state index contributed by atoms with van der Waals surface area (Å²) in [5.41, 5.74) is 11.3. The van der Waals surface area contributed by atoms with Crippen molar-refractivity contribution in [3.8, 4) is 0 Å². The molecule has 0 radical (unpaired) electrons. The maximum atomic E-state index is 7.02. The number of amidine groups is 2. The van der Waals surface area contributed by atoms with E-state index in [2.05, 4.69) is 4.98 Å². The molecule has 1 rings (SSSR count). The minimum atomic E-state index is -0.0579. The number of nitrogens with one attached hydrogen (secondary N) is 3. The van der Waals surface area contributed by atoms with Gasteiger partial charge in [0, 0.05) is 0 Å². The summed E-state index contributed by atoms with van der Waals surface area (Å²) < 4.78 is 0. The van der Waals surface area contributed by atoms with Gasteiger partial charge < -0.3 is 16.5 Å². The number of nitrogen functional groups attached to an aromatic ring is 2. The van der Waals surface area contributed by atoms with Gasteiger partial charge in [0.1, 0.15) is 11.7 Å². The molecular weight excluding hydrogens is 142 g/mol. The van der Waals surface area contributed by atoms with Crippen molar-refractivity contribution in [2.45, 2.75) is 0 Å². The number of hydrogen-bond donors (Lipinski definition) is 5. The van der Waals surface area contributed by atoms with E-state index in [-0.39, 0.29) is 11.7 Å². The number of rotatable bonds is 2.